The maximum atomic E-state index is 13.4. The minimum atomic E-state index is -4.25. The van der Waals surface area contributed by atoms with Gasteiger partial charge in [0.1, 0.15) is 17.5 Å². The van der Waals surface area contributed by atoms with Gasteiger partial charge in [-0.1, -0.05) is 43.2 Å². The van der Waals surface area contributed by atoms with E-state index in [4.69, 9.17) is 0 Å². The largest absolute Gasteiger partial charge is 0.389 e. The lowest BCUT2D eigenvalue weighted by Gasteiger charge is -2.34. The minimum absolute atomic E-state index is 0.238. The first-order chi connectivity index (χ1) is 15.4. The Hall–Kier alpha value is -2.55. The first kappa shape index (κ1) is 21.3. The van der Waals surface area contributed by atoms with Crippen LogP contribution in [0.4, 0.5) is 19.0 Å². The van der Waals surface area contributed by atoms with E-state index >= 15 is 0 Å². The number of halogens is 3. The molecule has 0 radical (unpaired) electrons. The van der Waals surface area contributed by atoms with Gasteiger partial charge in [-0.15, -0.1) is 0 Å². The number of benzene rings is 1. The smallest absolute Gasteiger partial charge is 0.349 e. The van der Waals surface area contributed by atoms with Crippen LogP contribution in [-0.2, 0) is 6.54 Å². The van der Waals surface area contributed by atoms with Crippen LogP contribution in [0.1, 0.15) is 54.1 Å². The van der Waals surface area contributed by atoms with Crippen molar-refractivity contribution < 1.29 is 18.0 Å². The zero-order chi connectivity index (χ0) is 22.3. The van der Waals surface area contributed by atoms with Gasteiger partial charge in [-0.25, -0.2) is 4.68 Å². The van der Waals surface area contributed by atoms with Gasteiger partial charge in [-0.05, 0) is 24.3 Å². The minimum Gasteiger partial charge on any atom is -0.349 e. The molecule has 2 aliphatic heterocycles. The van der Waals surface area contributed by atoms with Gasteiger partial charge in [-0.3, -0.25) is 9.69 Å². The van der Waals surface area contributed by atoms with Crippen molar-refractivity contribution in [3.8, 4) is 0 Å². The van der Waals surface area contributed by atoms with E-state index in [1.807, 2.05) is 35.0 Å². The molecule has 0 spiro atoms. The number of likely N-dealkylation sites (tertiary alicyclic amines) is 1. The van der Waals surface area contributed by atoms with E-state index in [2.05, 4.69) is 20.6 Å². The number of fused-ring (bicyclic) bond motifs is 1. The summed E-state index contributed by atoms with van der Waals surface area (Å²) in [6, 6.07) is 10.0. The number of anilines is 1. The monoisotopic (exact) mass is 447 g/mol. The Labute approximate surface area is 185 Å². The molecule has 2 N–H and O–H groups in total. The maximum Gasteiger partial charge on any atom is 0.389 e. The average molecular weight is 448 g/mol. The molecule has 2 aromatic rings. The molecule has 0 bridgehead atoms. The van der Waals surface area contributed by atoms with Gasteiger partial charge < -0.3 is 10.6 Å². The summed E-state index contributed by atoms with van der Waals surface area (Å²) in [7, 11) is 0. The molecule has 1 aliphatic carbocycles. The second-order valence-electron chi connectivity index (χ2n) is 9.31. The van der Waals surface area contributed by atoms with E-state index in [1.165, 1.54) is 0 Å². The molecular weight excluding hydrogens is 419 g/mol. The first-order valence-corrected chi connectivity index (χ1v) is 11.4. The summed E-state index contributed by atoms with van der Waals surface area (Å²) in [6.45, 7) is 1.43. The molecule has 3 unspecified atom stereocenters. The fourth-order valence-corrected chi connectivity index (χ4v) is 5.56. The van der Waals surface area contributed by atoms with Crippen molar-refractivity contribution >= 4 is 11.7 Å². The molecule has 3 aliphatic rings. The van der Waals surface area contributed by atoms with Gasteiger partial charge in [0.25, 0.3) is 5.91 Å². The quantitative estimate of drug-likeness (QED) is 0.722. The molecule has 172 valence electrons. The third kappa shape index (κ3) is 4.35. The van der Waals surface area contributed by atoms with Crippen LogP contribution in [0.2, 0.25) is 0 Å². The predicted molar refractivity (Wildman–Crippen MR) is 114 cm³/mol. The van der Waals surface area contributed by atoms with Gasteiger partial charge >= 0.3 is 6.18 Å². The second-order valence-corrected chi connectivity index (χ2v) is 9.31. The van der Waals surface area contributed by atoms with Crippen LogP contribution >= 0.6 is 0 Å². The van der Waals surface area contributed by atoms with Crippen LogP contribution in [0, 0.1) is 11.8 Å². The fraction of sp³-hybridized carbons (Fsp3) is 0.565. The van der Waals surface area contributed by atoms with E-state index in [0.717, 1.165) is 31.2 Å². The molecule has 1 saturated heterocycles. The van der Waals surface area contributed by atoms with Crippen molar-refractivity contribution in [2.45, 2.75) is 57.0 Å². The third-order valence-corrected chi connectivity index (χ3v) is 7.03. The predicted octanol–water partition coefficient (Wildman–Crippen LogP) is 4.18. The van der Waals surface area contributed by atoms with Crippen molar-refractivity contribution in [1.82, 2.24) is 20.0 Å². The number of nitrogens with zero attached hydrogens (tertiary/aromatic N) is 3. The second kappa shape index (κ2) is 8.42. The van der Waals surface area contributed by atoms with Gasteiger partial charge in [0.15, 0.2) is 0 Å². The highest BCUT2D eigenvalue weighted by molar-refractivity contribution is 6.00. The first-order valence-electron chi connectivity index (χ1n) is 11.4. The Morgan fingerprint density at radius 2 is 1.81 bits per heavy atom. The van der Waals surface area contributed by atoms with Crippen molar-refractivity contribution in [3.63, 3.8) is 0 Å². The van der Waals surface area contributed by atoms with Crippen LogP contribution in [-0.4, -0.2) is 46.0 Å². The summed E-state index contributed by atoms with van der Waals surface area (Å²) in [5.41, 5.74) is 1.54. The summed E-state index contributed by atoms with van der Waals surface area (Å²) in [5.74, 6) is -0.566. The molecule has 9 heteroatoms. The van der Waals surface area contributed by atoms with Crippen molar-refractivity contribution in [2.24, 2.45) is 11.8 Å². The number of hydrogen-bond donors (Lipinski definition) is 2. The van der Waals surface area contributed by atoms with Gasteiger partial charge in [0, 0.05) is 32.0 Å². The lowest BCUT2D eigenvalue weighted by atomic mass is 9.89. The zero-order valence-electron chi connectivity index (χ0n) is 17.8. The molecule has 2 fully saturated rings. The number of alkyl halides is 3. The maximum absolute atomic E-state index is 13.4. The third-order valence-electron chi connectivity index (χ3n) is 7.03. The van der Waals surface area contributed by atoms with Gasteiger partial charge in [0.05, 0.1) is 12.2 Å². The molecule has 5 rings (SSSR count). The van der Waals surface area contributed by atoms with Crippen molar-refractivity contribution in [3.05, 3.63) is 47.7 Å². The summed E-state index contributed by atoms with van der Waals surface area (Å²) in [4.78, 5) is 14.9. The van der Waals surface area contributed by atoms with Gasteiger partial charge in [0.2, 0.25) is 0 Å². The molecule has 1 saturated carbocycles. The Kier molecular flexibility index (Phi) is 5.61. The molecule has 1 aromatic heterocycles. The molecule has 3 heterocycles. The van der Waals surface area contributed by atoms with E-state index in [0.29, 0.717) is 31.0 Å². The highest BCUT2D eigenvalue weighted by Gasteiger charge is 2.46. The molecule has 6 nitrogen and oxygen atoms in total. The van der Waals surface area contributed by atoms with Crippen LogP contribution < -0.4 is 10.6 Å². The zero-order valence-corrected chi connectivity index (χ0v) is 17.8. The molecule has 3 atom stereocenters. The summed E-state index contributed by atoms with van der Waals surface area (Å²) in [5, 5.41) is 10.7. The number of carbonyl (C=O) groups is 1. The molecular formula is C23H28F3N5O. The molecule has 32 heavy (non-hydrogen) atoms. The van der Waals surface area contributed by atoms with Crippen LogP contribution in [0.3, 0.4) is 0 Å². The topological polar surface area (TPSA) is 62.2 Å². The van der Waals surface area contributed by atoms with E-state index in [9.17, 15) is 18.0 Å². The number of nitrogens with one attached hydrogen (secondary N) is 2. The number of aromatic nitrogens is 2. The average Bonchev–Trinajstić information content (AvgIpc) is 3.47. The van der Waals surface area contributed by atoms with Crippen LogP contribution in [0.15, 0.2) is 36.5 Å². The van der Waals surface area contributed by atoms with E-state index < -0.39 is 24.7 Å². The summed E-state index contributed by atoms with van der Waals surface area (Å²) >= 11 is 0. The highest BCUT2D eigenvalue weighted by atomic mass is 19.4. The Balaban J connectivity index is 1.37. The summed E-state index contributed by atoms with van der Waals surface area (Å²) < 4.78 is 42.1. The SMILES string of the molecule is O=C1NC(C2CN(Cc3ccccc3)CC2CC(F)(F)F)Nc2c1cnn2C1CCCC1. The number of rotatable bonds is 5. The fourth-order valence-electron chi connectivity index (χ4n) is 5.56. The Morgan fingerprint density at radius 1 is 1.06 bits per heavy atom. The van der Waals surface area contributed by atoms with E-state index in [1.54, 1.807) is 6.20 Å². The van der Waals surface area contributed by atoms with Crippen LogP contribution in [0.5, 0.6) is 0 Å². The van der Waals surface area contributed by atoms with Crippen molar-refractivity contribution in [2.75, 3.05) is 18.4 Å². The standard InChI is InChI=1S/C23H28F3N5O/c24-23(25,26)10-16-13-30(12-15-6-2-1-3-7-15)14-19(16)20-28-21-18(22(32)29-20)11-27-31(21)17-8-4-5-9-17/h1-3,6-7,11,16-17,19-20,28H,4-5,8-10,12-14H2,(H,29,32). The lowest BCUT2D eigenvalue weighted by molar-refractivity contribution is -0.146. The number of hydrogen-bond acceptors (Lipinski definition) is 4. The van der Waals surface area contributed by atoms with E-state index in [-0.39, 0.29) is 17.9 Å². The Bertz CT molecular complexity index is 954. The van der Waals surface area contributed by atoms with Crippen LogP contribution in [0.25, 0.3) is 0 Å². The highest BCUT2D eigenvalue weighted by Crippen LogP contribution is 2.39. The molecule has 1 aromatic carbocycles. The number of carbonyl (C=O) groups excluding carboxylic acids is 1. The Morgan fingerprint density at radius 3 is 2.53 bits per heavy atom. The summed E-state index contributed by atoms with van der Waals surface area (Å²) in [6.07, 6.45) is 0.169. The normalized spacial score (nSPS) is 26.7. The lowest BCUT2D eigenvalue weighted by Crippen LogP contribution is -2.52. The van der Waals surface area contributed by atoms with Gasteiger partial charge in [-0.2, -0.15) is 18.3 Å². The number of amides is 1. The van der Waals surface area contributed by atoms with Crippen molar-refractivity contribution in [1.29, 1.82) is 0 Å². The molecule has 1 amide bonds.